The Morgan fingerprint density at radius 1 is 1.37 bits per heavy atom. The normalized spacial score (nSPS) is 10.2. The van der Waals surface area contributed by atoms with E-state index in [1.165, 1.54) is 24.5 Å². The number of hydrogen-bond donors (Lipinski definition) is 1. The van der Waals surface area contributed by atoms with E-state index in [-0.39, 0.29) is 0 Å². The lowest BCUT2D eigenvalue weighted by Crippen LogP contribution is -2.03. The first-order valence-corrected chi connectivity index (χ1v) is 6.64. The molecular weight excluding hydrogens is 286 g/mol. The van der Waals surface area contributed by atoms with Gasteiger partial charge in [-0.3, -0.25) is 0 Å². The van der Waals surface area contributed by atoms with Crippen molar-refractivity contribution >= 4 is 34.6 Å². The Balaban J connectivity index is 2.07. The van der Waals surface area contributed by atoms with Crippen LogP contribution in [0.1, 0.15) is 15.2 Å². The van der Waals surface area contributed by atoms with Crippen LogP contribution in [-0.4, -0.2) is 13.1 Å². The Morgan fingerprint density at radius 2 is 2.16 bits per heavy atom. The SMILES string of the molecule is COC(=O)c1ccc(OCc2ccc(Cl)s2)c(N)c1. The van der Waals surface area contributed by atoms with Crippen molar-refractivity contribution in [1.82, 2.24) is 0 Å². The highest BCUT2D eigenvalue weighted by molar-refractivity contribution is 7.16. The van der Waals surface area contributed by atoms with E-state index in [1.807, 2.05) is 12.1 Å². The average Bonchev–Trinajstić information content (AvgIpc) is 2.82. The van der Waals surface area contributed by atoms with Gasteiger partial charge < -0.3 is 15.2 Å². The predicted molar refractivity (Wildman–Crippen MR) is 75.9 cm³/mol. The van der Waals surface area contributed by atoms with E-state index in [4.69, 9.17) is 22.1 Å². The second kappa shape index (κ2) is 5.95. The van der Waals surface area contributed by atoms with E-state index in [1.54, 1.807) is 12.1 Å². The summed E-state index contributed by atoms with van der Waals surface area (Å²) in [7, 11) is 1.32. The van der Waals surface area contributed by atoms with Gasteiger partial charge in [-0.05, 0) is 30.3 Å². The van der Waals surface area contributed by atoms with Crippen molar-refractivity contribution in [2.45, 2.75) is 6.61 Å². The highest BCUT2D eigenvalue weighted by Crippen LogP contribution is 2.26. The van der Waals surface area contributed by atoms with Crippen LogP contribution < -0.4 is 10.5 Å². The quantitative estimate of drug-likeness (QED) is 0.694. The number of ether oxygens (including phenoxy) is 2. The molecule has 19 heavy (non-hydrogen) atoms. The summed E-state index contributed by atoms with van der Waals surface area (Å²) in [5, 5.41) is 0. The largest absolute Gasteiger partial charge is 0.486 e. The zero-order valence-corrected chi connectivity index (χ0v) is 11.8. The fourth-order valence-corrected chi connectivity index (χ4v) is 2.50. The van der Waals surface area contributed by atoms with Gasteiger partial charge >= 0.3 is 5.97 Å². The number of carbonyl (C=O) groups is 1. The lowest BCUT2D eigenvalue weighted by molar-refractivity contribution is 0.0601. The monoisotopic (exact) mass is 297 g/mol. The van der Waals surface area contributed by atoms with Crippen molar-refractivity contribution in [2.75, 3.05) is 12.8 Å². The summed E-state index contributed by atoms with van der Waals surface area (Å²) in [5.74, 6) is 0.0977. The molecule has 0 amide bonds. The number of halogens is 1. The van der Waals surface area contributed by atoms with Crippen molar-refractivity contribution in [3.8, 4) is 5.75 Å². The Kier molecular flexibility index (Phi) is 4.29. The summed E-state index contributed by atoms with van der Waals surface area (Å²) >= 11 is 7.28. The molecule has 6 heteroatoms. The van der Waals surface area contributed by atoms with Gasteiger partial charge in [0, 0.05) is 4.88 Å². The van der Waals surface area contributed by atoms with Crippen molar-refractivity contribution in [1.29, 1.82) is 0 Å². The van der Waals surface area contributed by atoms with E-state index in [0.717, 1.165) is 4.88 Å². The molecule has 0 aliphatic heterocycles. The number of esters is 1. The molecule has 0 fully saturated rings. The first kappa shape index (κ1) is 13.7. The molecule has 0 aliphatic carbocycles. The third-order valence-corrected chi connectivity index (χ3v) is 3.63. The second-order valence-electron chi connectivity index (χ2n) is 3.74. The Labute approximate surface area is 119 Å². The summed E-state index contributed by atoms with van der Waals surface area (Å²) in [4.78, 5) is 12.3. The van der Waals surface area contributed by atoms with Gasteiger partial charge in [-0.15, -0.1) is 11.3 Å². The van der Waals surface area contributed by atoms with Crippen LogP contribution in [0.25, 0.3) is 0 Å². The molecule has 4 nitrogen and oxygen atoms in total. The summed E-state index contributed by atoms with van der Waals surface area (Å²) in [5.41, 5.74) is 6.62. The molecular formula is C13H12ClNO3S. The van der Waals surface area contributed by atoms with Gasteiger partial charge in [0.15, 0.2) is 0 Å². The summed E-state index contributed by atoms with van der Waals surface area (Å²) < 4.78 is 10.9. The third-order valence-electron chi connectivity index (χ3n) is 2.43. The average molecular weight is 298 g/mol. The van der Waals surface area contributed by atoms with Crippen LogP contribution in [-0.2, 0) is 11.3 Å². The van der Waals surface area contributed by atoms with Gasteiger partial charge in [0.1, 0.15) is 12.4 Å². The maximum absolute atomic E-state index is 11.3. The number of methoxy groups -OCH3 is 1. The highest BCUT2D eigenvalue weighted by Gasteiger charge is 2.09. The van der Waals surface area contributed by atoms with Crippen LogP contribution in [0.5, 0.6) is 5.75 Å². The Morgan fingerprint density at radius 3 is 2.74 bits per heavy atom. The molecule has 0 bridgehead atoms. The zero-order valence-electron chi connectivity index (χ0n) is 10.2. The molecule has 0 saturated heterocycles. The van der Waals surface area contributed by atoms with Gasteiger partial charge in [-0.2, -0.15) is 0 Å². The maximum Gasteiger partial charge on any atom is 0.337 e. The minimum Gasteiger partial charge on any atom is -0.486 e. The van der Waals surface area contributed by atoms with Crippen molar-refractivity contribution < 1.29 is 14.3 Å². The molecule has 0 saturated carbocycles. The second-order valence-corrected chi connectivity index (χ2v) is 5.54. The van der Waals surface area contributed by atoms with Crippen molar-refractivity contribution in [3.63, 3.8) is 0 Å². The maximum atomic E-state index is 11.3. The van der Waals surface area contributed by atoms with Crippen LogP contribution in [0.3, 0.4) is 0 Å². The first-order valence-electron chi connectivity index (χ1n) is 5.45. The number of benzene rings is 1. The zero-order chi connectivity index (χ0) is 13.8. The molecule has 1 aromatic heterocycles. The molecule has 2 aromatic rings. The standard InChI is InChI=1S/C13H12ClNO3S/c1-17-13(16)8-2-4-11(10(15)6-8)18-7-9-3-5-12(14)19-9/h2-6H,7,15H2,1H3. The van der Waals surface area contributed by atoms with Gasteiger partial charge in [0.2, 0.25) is 0 Å². The highest BCUT2D eigenvalue weighted by atomic mass is 35.5. The molecule has 1 aromatic carbocycles. The lowest BCUT2D eigenvalue weighted by Gasteiger charge is -2.09. The first-order chi connectivity index (χ1) is 9.10. The summed E-state index contributed by atoms with van der Waals surface area (Å²) in [6, 6.07) is 8.50. The van der Waals surface area contributed by atoms with Gasteiger partial charge in [-0.1, -0.05) is 11.6 Å². The molecule has 1 heterocycles. The van der Waals surface area contributed by atoms with E-state index < -0.39 is 5.97 Å². The molecule has 0 spiro atoms. The molecule has 0 atom stereocenters. The van der Waals surface area contributed by atoms with Crippen molar-refractivity contribution in [3.05, 3.63) is 45.1 Å². The van der Waals surface area contributed by atoms with Gasteiger partial charge in [-0.25, -0.2) is 4.79 Å². The fraction of sp³-hybridized carbons (Fsp3) is 0.154. The molecule has 2 N–H and O–H groups in total. The van der Waals surface area contributed by atoms with E-state index in [9.17, 15) is 4.79 Å². The van der Waals surface area contributed by atoms with E-state index in [0.29, 0.717) is 27.9 Å². The third kappa shape index (κ3) is 3.39. The number of nitrogens with two attached hydrogens (primary N) is 1. The predicted octanol–water partition coefficient (Wildman–Crippen LogP) is 3.35. The van der Waals surface area contributed by atoms with Crippen LogP contribution >= 0.6 is 22.9 Å². The number of nitrogen functional groups attached to an aromatic ring is 1. The van der Waals surface area contributed by atoms with Gasteiger partial charge in [0.05, 0.1) is 22.7 Å². The Bertz CT molecular complexity index is 597. The number of carbonyl (C=O) groups excluding carboxylic acids is 1. The van der Waals surface area contributed by atoms with E-state index >= 15 is 0 Å². The summed E-state index contributed by atoms with van der Waals surface area (Å²) in [6.45, 7) is 0.388. The topological polar surface area (TPSA) is 61.5 Å². The Hall–Kier alpha value is -1.72. The minimum atomic E-state index is -0.428. The van der Waals surface area contributed by atoms with Crippen LogP contribution in [0, 0.1) is 0 Å². The lowest BCUT2D eigenvalue weighted by atomic mass is 10.2. The minimum absolute atomic E-state index is 0.388. The van der Waals surface area contributed by atoms with Crippen molar-refractivity contribution in [2.24, 2.45) is 0 Å². The number of rotatable bonds is 4. The molecule has 100 valence electrons. The smallest absolute Gasteiger partial charge is 0.337 e. The molecule has 2 rings (SSSR count). The number of thiophene rings is 1. The van der Waals surface area contributed by atoms with Crippen LogP contribution in [0.2, 0.25) is 4.34 Å². The van der Waals surface area contributed by atoms with Crippen LogP contribution in [0.15, 0.2) is 30.3 Å². The van der Waals surface area contributed by atoms with Gasteiger partial charge in [0.25, 0.3) is 0 Å². The summed E-state index contributed by atoms with van der Waals surface area (Å²) in [6.07, 6.45) is 0. The number of hydrogen-bond acceptors (Lipinski definition) is 5. The van der Waals surface area contributed by atoms with Crippen LogP contribution in [0.4, 0.5) is 5.69 Å². The fourth-order valence-electron chi connectivity index (χ4n) is 1.50. The molecule has 0 radical (unpaired) electrons. The van der Waals surface area contributed by atoms with E-state index in [2.05, 4.69) is 4.74 Å². The molecule has 0 aliphatic rings. The molecule has 0 unspecified atom stereocenters. The number of anilines is 1.